The van der Waals surface area contributed by atoms with Crippen molar-refractivity contribution >= 4 is 23.5 Å². The Morgan fingerprint density at radius 1 is 1.25 bits per heavy atom. The number of hydrogen-bond acceptors (Lipinski definition) is 2. The van der Waals surface area contributed by atoms with Crippen molar-refractivity contribution in [3.63, 3.8) is 0 Å². The van der Waals surface area contributed by atoms with Gasteiger partial charge in [0.15, 0.2) is 0 Å². The molecule has 1 heterocycles. The lowest BCUT2D eigenvalue weighted by molar-refractivity contribution is 0.766. The van der Waals surface area contributed by atoms with E-state index in [9.17, 15) is 0 Å². The summed E-state index contributed by atoms with van der Waals surface area (Å²) < 4.78 is 1.95. The standard InChI is InChI=1S/C13H18N2S/c1-8(2)10-5-6-11-12(7-10)15(4)14-13(11)9(3)16/h5-9,16H,1-4H3. The molecule has 0 saturated carbocycles. The molecule has 2 rings (SSSR count). The van der Waals surface area contributed by atoms with Crippen LogP contribution >= 0.6 is 12.6 Å². The number of aromatic nitrogens is 2. The number of hydrogen-bond donors (Lipinski definition) is 1. The minimum atomic E-state index is 0.175. The van der Waals surface area contributed by atoms with Crippen molar-refractivity contribution in [1.29, 1.82) is 0 Å². The fourth-order valence-corrected chi connectivity index (χ4v) is 2.16. The van der Waals surface area contributed by atoms with Crippen molar-refractivity contribution in [2.45, 2.75) is 31.9 Å². The summed E-state index contributed by atoms with van der Waals surface area (Å²) in [5, 5.41) is 5.92. The van der Waals surface area contributed by atoms with E-state index in [0.717, 1.165) is 5.69 Å². The van der Waals surface area contributed by atoms with E-state index in [0.29, 0.717) is 5.92 Å². The molecule has 0 spiro atoms. The molecule has 0 fully saturated rings. The SMILES string of the molecule is CC(C)c1ccc2c(C(C)S)nn(C)c2c1. The summed E-state index contributed by atoms with van der Waals surface area (Å²) in [5.41, 5.74) is 3.62. The van der Waals surface area contributed by atoms with E-state index >= 15 is 0 Å². The van der Waals surface area contributed by atoms with Crippen molar-refractivity contribution in [3.8, 4) is 0 Å². The van der Waals surface area contributed by atoms with E-state index in [4.69, 9.17) is 0 Å². The van der Waals surface area contributed by atoms with Gasteiger partial charge in [0.2, 0.25) is 0 Å². The Bertz CT molecular complexity index is 512. The highest BCUT2D eigenvalue weighted by atomic mass is 32.1. The minimum Gasteiger partial charge on any atom is -0.268 e. The summed E-state index contributed by atoms with van der Waals surface area (Å²) in [5.74, 6) is 0.552. The maximum absolute atomic E-state index is 4.53. The quantitative estimate of drug-likeness (QED) is 0.785. The van der Waals surface area contributed by atoms with Gasteiger partial charge >= 0.3 is 0 Å². The highest BCUT2D eigenvalue weighted by molar-refractivity contribution is 7.80. The lowest BCUT2D eigenvalue weighted by Gasteiger charge is -2.05. The molecule has 0 aliphatic heterocycles. The van der Waals surface area contributed by atoms with Crippen LogP contribution in [0.1, 0.15) is 43.2 Å². The normalized spacial score (nSPS) is 13.6. The molecule has 2 nitrogen and oxygen atoms in total. The summed E-state index contributed by atoms with van der Waals surface area (Å²) in [6.45, 7) is 6.47. The van der Waals surface area contributed by atoms with E-state index in [-0.39, 0.29) is 5.25 Å². The average molecular weight is 234 g/mol. The molecule has 1 unspecified atom stereocenters. The molecule has 0 bridgehead atoms. The molecular weight excluding hydrogens is 216 g/mol. The monoisotopic (exact) mass is 234 g/mol. The third-order valence-corrected chi connectivity index (χ3v) is 3.21. The topological polar surface area (TPSA) is 17.8 Å². The number of nitrogens with zero attached hydrogens (tertiary/aromatic N) is 2. The first-order valence-electron chi connectivity index (χ1n) is 5.65. The van der Waals surface area contributed by atoms with Crippen molar-refractivity contribution in [2.75, 3.05) is 0 Å². The van der Waals surface area contributed by atoms with E-state index in [2.05, 4.69) is 56.7 Å². The number of fused-ring (bicyclic) bond motifs is 1. The van der Waals surface area contributed by atoms with Gasteiger partial charge < -0.3 is 0 Å². The molecule has 16 heavy (non-hydrogen) atoms. The number of thiol groups is 1. The molecule has 1 atom stereocenters. The summed E-state index contributed by atoms with van der Waals surface area (Å²) >= 11 is 4.47. The first-order chi connectivity index (χ1) is 7.50. The fraction of sp³-hybridized carbons (Fsp3) is 0.462. The number of benzene rings is 1. The van der Waals surface area contributed by atoms with Gasteiger partial charge in [-0.3, -0.25) is 4.68 Å². The van der Waals surface area contributed by atoms with Crippen LogP contribution in [0.5, 0.6) is 0 Å². The van der Waals surface area contributed by atoms with Crippen LogP contribution in [-0.2, 0) is 7.05 Å². The summed E-state index contributed by atoms with van der Waals surface area (Å²) in [6.07, 6.45) is 0. The third-order valence-electron chi connectivity index (χ3n) is 2.97. The highest BCUT2D eigenvalue weighted by Crippen LogP contribution is 2.28. The lowest BCUT2D eigenvalue weighted by atomic mass is 10.0. The first-order valence-corrected chi connectivity index (χ1v) is 6.17. The van der Waals surface area contributed by atoms with E-state index in [1.807, 2.05) is 11.7 Å². The van der Waals surface area contributed by atoms with Crippen molar-refractivity contribution < 1.29 is 0 Å². The van der Waals surface area contributed by atoms with Crippen LogP contribution in [0.25, 0.3) is 10.9 Å². The van der Waals surface area contributed by atoms with Gasteiger partial charge in [-0.05, 0) is 24.5 Å². The van der Waals surface area contributed by atoms with Gasteiger partial charge in [-0.15, -0.1) is 0 Å². The van der Waals surface area contributed by atoms with Crippen LogP contribution in [0, 0.1) is 0 Å². The zero-order valence-electron chi connectivity index (χ0n) is 10.2. The molecular formula is C13H18N2S. The Morgan fingerprint density at radius 3 is 2.50 bits per heavy atom. The van der Waals surface area contributed by atoms with E-state index in [1.165, 1.54) is 16.5 Å². The summed E-state index contributed by atoms with van der Waals surface area (Å²) in [7, 11) is 1.99. The molecule has 0 aliphatic carbocycles. The van der Waals surface area contributed by atoms with Crippen LogP contribution in [0.4, 0.5) is 0 Å². The van der Waals surface area contributed by atoms with Crippen LogP contribution in [-0.4, -0.2) is 9.78 Å². The average Bonchev–Trinajstić information content (AvgIpc) is 2.56. The minimum absolute atomic E-state index is 0.175. The van der Waals surface area contributed by atoms with Crippen molar-refractivity contribution in [2.24, 2.45) is 7.05 Å². The van der Waals surface area contributed by atoms with Gasteiger partial charge in [-0.1, -0.05) is 26.0 Å². The Kier molecular flexibility index (Phi) is 2.98. The Morgan fingerprint density at radius 2 is 1.94 bits per heavy atom. The molecule has 3 heteroatoms. The molecule has 0 amide bonds. The second kappa shape index (κ2) is 4.13. The highest BCUT2D eigenvalue weighted by Gasteiger charge is 2.13. The Hall–Kier alpha value is -0.960. The second-order valence-electron chi connectivity index (χ2n) is 4.62. The van der Waals surface area contributed by atoms with Gasteiger partial charge in [0.25, 0.3) is 0 Å². The third kappa shape index (κ3) is 1.84. The molecule has 1 aromatic carbocycles. The van der Waals surface area contributed by atoms with Crippen molar-refractivity contribution in [3.05, 3.63) is 29.5 Å². The molecule has 1 aromatic heterocycles. The molecule has 0 radical (unpaired) electrons. The predicted octanol–water partition coefficient (Wildman–Crippen LogP) is 3.69. The fourth-order valence-electron chi connectivity index (χ4n) is 1.97. The zero-order chi connectivity index (χ0) is 11.9. The van der Waals surface area contributed by atoms with Crippen LogP contribution in [0.3, 0.4) is 0 Å². The largest absolute Gasteiger partial charge is 0.268 e. The Labute approximate surface area is 102 Å². The zero-order valence-corrected chi connectivity index (χ0v) is 11.1. The van der Waals surface area contributed by atoms with Gasteiger partial charge in [0.1, 0.15) is 0 Å². The lowest BCUT2D eigenvalue weighted by Crippen LogP contribution is -1.92. The smallest absolute Gasteiger partial charge is 0.0827 e. The second-order valence-corrected chi connectivity index (χ2v) is 5.39. The number of rotatable bonds is 2. The van der Waals surface area contributed by atoms with Gasteiger partial charge in [0.05, 0.1) is 11.2 Å². The Balaban J connectivity index is 2.67. The van der Waals surface area contributed by atoms with Gasteiger partial charge in [-0.2, -0.15) is 17.7 Å². The first kappa shape index (κ1) is 11.5. The molecule has 0 aliphatic rings. The maximum atomic E-state index is 4.53. The van der Waals surface area contributed by atoms with Gasteiger partial charge in [0, 0.05) is 17.7 Å². The van der Waals surface area contributed by atoms with Crippen molar-refractivity contribution in [1.82, 2.24) is 9.78 Å². The van der Waals surface area contributed by atoms with Gasteiger partial charge in [-0.25, -0.2) is 0 Å². The maximum Gasteiger partial charge on any atom is 0.0827 e. The van der Waals surface area contributed by atoms with Crippen LogP contribution < -0.4 is 0 Å². The summed E-state index contributed by atoms with van der Waals surface area (Å²) in [6, 6.07) is 6.58. The number of aryl methyl sites for hydroxylation is 1. The summed E-state index contributed by atoms with van der Waals surface area (Å²) in [4.78, 5) is 0. The van der Waals surface area contributed by atoms with Crippen LogP contribution in [0.2, 0.25) is 0 Å². The molecule has 0 saturated heterocycles. The van der Waals surface area contributed by atoms with E-state index in [1.54, 1.807) is 0 Å². The van der Waals surface area contributed by atoms with Crippen LogP contribution in [0.15, 0.2) is 18.2 Å². The molecule has 86 valence electrons. The van der Waals surface area contributed by atoms with E-state index < -0.39 is 0 Å². The predicted molar refractivity (Wildman–Crippen MR) is 72.2 cm³/mol. The molecule has 2 aromatic rings. The molecule has 0 N–H and O–H groups in total.